The summed E-state index contributed by atoms with van der Waals surface area (Å²) in [7, 11) is 0. The normalized spacial score (nSPS) is 10.3. The Morgan fingerprint density at radius 1 is 0.926 bits per heavy atom. The van der Waals surface area contributed by atoms with E-state index >= 15 is 0 Å². The van der Waals surface area contributed by atoms with Crippen molar-refractivity contribution < 1.29 is 14.3 Å². The number of carbonyl (C=O) groups excluding carboxylic acids is 1. The van der Waals surface area contributed by atoms with Crippen LogP contribution in [-0.4, -0.2) is 12.5 Å². The van der Waals surface area contributed by atoms with Gasteiger partial charge in [0.15, 0.2) is 6.61 Å². The highest BCUT2D eigenvalue weighted by molar-refractivity contribution is 9.10. The average molecular weight is 426 g/mol. The standard InChI is InChI=1S/C22H20BrNO3/c1-16-13-20(11-12-21(16)23)27-15-22(25)24-18-7-9-19(10-8-18)26-14-17-5-3-2-4-6-17/h2-13H,14-15H2,1H3,(H,24,25). The van der Waals surface area contributed by atoms with Crippen LogP contribution in [0.3, 0.4) is 0 Å². The molecule has 0 aromatic heterocycles. The van der Waals surface area contributed by atoms with Gasteiger partial charge < -0.3 is 14.8 Å². The average Bonchev–Trinajstić information content (AvgIpc) is 2.69. The highest BCUT2D eigenvalue weighted by Gasteiger charge is 2.05. The van der Waals surface area contributed by atoms with Gasteiger partial charge in [-0.15, -0.1) is 0 Å². The molecular formula is C22H20BrNO3. The number of halogens is 1. The first-order valence-corrected chi connectivity index (χ1v) is 9.35. The van der Waals surface area contributed by atoms with Gasteiger partial charge in [-0.3, -0.25) is 4.79 Å². The van der Waals surface area contributed by atoms with Gasteiger partial charge in [0.25, 0.3) is 5.91 Å². The molecule has 0 bridgehead atoms. The first kappa shape index (κ1) is 19.0. The van der Waals surface area contributed by atoms with Gasteiger partial charge in [-0.05, 0) is 60.5 Å². The van der Waals surface area contributed by atoms with Crippen molar-refractivity contribution in [3.8, 4) is 11.5 Å². The Labute approximate surface area is 167 Å². The highest BCUT2D eigenvalue weighted by atomic mass is 79.9. The number of aryl methyl sites for hydroxylation is 1. The number of hydrogen-bond donors (Lipinski definition) is 1. The van der Waals surface area contributed by atoms with Gasteiger partial charge >= 0.3 is 0 Å². The molecule has 0 saturated carbocycles. The van der Waals surface area contributed by atoms with Crippen molar-refractivity contribution in [2.75, 3.05) is 11.9 Å². The number of nitrogens with one attached hydrogen (secondary N) is 1. The van der Waals surface area contributed by atoms with E-state index in [9.17, 15) is 4.79 Å². The molecule has 0 aliphatic rings. The summed E-state index contributed by atoms with van der Waals surface area (Å²) < 4.78 is 12.3. The topological polar surface area (TPSA) is 47.6 Å². The summed E-state index contributed by atoms with van der Waals surface area (Å²) in [6.45, 7) is 2.43. The molecule has 0 heterocycles. The molecular weight excluding hydrogens is 406 g/mol. The van der Waals surface area contributed by atoms with Crippen LogP contribution < -0.4 is 14.8 Å². The van der Waals surface area contributed by atoms with Gasteiger partial charge in [0, 0.05) is 10.2 Å². The van der Waals surface area contributed by atoms with E-state index in [0.29, 0.717) is 18.0 Å². The van der Waals surface area contributed by atoms with Crippen LogP contribution in [0.25, 0.3) is 0 Å². The van der Waals surface area contributed by atoms with Crippen molar-refractivity contribution in [3.63, 3.8) is 0 Å². The molecule has 5 heteroatoms. The molecule has 0 aliphatic carbocycles. The second-order valence-corrected chi connectivity index (χ2v) is 6.90. The van der Waals surface area contributed by atoms with Gasteiger partial charge in [0.1, 0.15) is 18.1 Å². The third-order valence-electron chi connectivity index (χ3n) is 3.89. The molecule has 0 saturated heterocycles. The summed E-state index contributed by atoms with van der Waals surface area (Å²) >= 11 is 3.44. The van der Waals surface area contributed by atoms with Gasteiger partial charge in [-0.1, -0.05) is 46.3 Å². The minimum absolute atomic E-state index is 0.0483. The van der Waals surface area contributed by atoms with Crippen LogP contribution in [0.2, 0.25) is 0 Å². The Kier molecular flexibility index (Phi) is 6.49. The Balaban J connectivity index is 1.47. The summed E-state index contributed by atoms with van der Waals surface area (Å²) in [6, 6.07) is 22.9. The second kappa shape index (κ2) is 9.24. The van der Waals surface area contributed by atoms with E-state index < -0.39 is 0 Å². The summed E-state index contributed by atoms with van der Waals surface area (Å²) in [4.78, 5) is 12.1. The van der Waals surface area contributed by atoms with Crippen molar-refractivity contribution in [2.45, 2.75) is 13.5 Å². The maximum atomic E-state index is 12.1. The molecule has 0 unspecified atom stereocenters. The molecule has 138 valence electrons. The third kappa shape index (κ3) is 5.86. The van der Waals surface area contributed by atoms with Crippen LogP contribution in [0.15, 0.2) is 77.3 Å². The highest BCUT2D eigenvalue weighted by Crippen LogP contribution is 2.22. The first-order chi connectivity index (χ1) is 13.1. The summed E-state index contributed by atoms with van der Waals surface area (Å²) in [5.41, 5.74) is 2.86. The van der Waals surface area contributed by atoms with Crippen molar-refractivity contribution in [3.05, 3.63) is 88.4 Å². The fourth-order valence-corrected chi connectivity index (χ4v) is 2.67. The summed E-state index contributed by atoms with van der Waals surface area (Å²) in [5, 5.41) is 2.81. The largest absolute Gasteiger partial charge is 0.489 e. The smallest absolute Gasteiger partial charge is 0.262 e. The van der Waals surface area contributed by atoms with E-state index in [0.717, 1.165) is 21.3 Å². The Hall–Kier alpha value is -2.79. The maximum absolute atomic E-state index is 12.1. The van der Waals surface area contributed by atoms with Crippen LogP contribution >= 0.6 is 15.9 Å². The summed E-state index contributed by atoms with van der Waals surface area (Å²) in [5.74, 6) is 1.20. The fourth-order valence-electron chi connectivity index (χ4n) is 2.43. The molecule has 4 nitrogen and oxygen atoms in total. The zero-order valence-corrected chi connectivity index (χ0v) is 16.5. The van der Waals surface area contributed by atoms with Crippen molar-refractivity contribution in [1.29, 1.82) is 0 Å². The minimum atomic E-state index is -0.214. The van der Waals surface area contributed by atoms with Crippen LogP contribution in [0.5, 0.6) is 11.5 Å². The lowest BCUT2D eigenvalue weighted by molar-refractivity contribution is -0.118. The number of rotatable bonds is 7. The van der Waals surface area contributed by atoms with Crippen LogP contribution in [-0.2, 0) is 11.4 Å². The van der Waals surface area contributed by atoms with Crippen molar-refractivity contribution in [2.24, 2.45) is 0 Å². The lowest BCUT2D eigenvalue weighted by atomic mass is 10.2. The molecule has 0 fully saturated rings. The molecule has 0 atom stereocenters. The second-order valence-electron chi connectivity index (χ2n) is 6.05. The van der Waals surface area contributed by atoms with Gasteiger partial charge in [-0.25, -0.2) is 0 Å². The molecule has 27 heavy (non-hydrogen) atoms. The Morgan fingerprint density at radius 3 is 2.33 bits per heavy atom. The predicted octanol–water partition coefficient (Wildman–Crippen LogP) is 5.35. The number of amides is 1. The van der Waals surface area contributed by atoms with E-state index in [1.807, 2.05) is 79.7 Å². The Bertz CT molecular complexity index is 895. The molecule has 3 aromatic rings. The van der Waals surface area contributed by atoms with E-state index in [1.54, 1.807) is 0 Å². The van der Waals surface area contributed by atoms with Crippen LogP contribution in [0, 0.1) is 6.92 Å². The molecule has 0 radical (unpaired) electrons. The fraction of sp³-hybridized carbons (Fsp3) is 0.136. The molecule has 1 N–H and O–H groups in total. The number of ether oxygens (including phenoxy) is 2. The van der Waals surface area contributed by atoms with Gasteiger partial charge in [-0.2, -0.15) is 0 Å². The molecule has 0 aliphatic heterocycles. The van der Waals surface area contributed by atoms with E-state index in [4.69, 9.17) is 9.47 Å². The lowest BCUT2D eigenvalue weighted by Crippen LogP contribution is -2.20. The van der Waals surface area contributed by atoms with Crippen LogP contribution in [0.1, 0.15) is 11.1 Å². The number of benzene rings is 3. The lowest BCUT2D eigenvalue weighted by Gasteiger charge is -2.10. The third-order valence-corrected chi connectivity index (χ3v) is 4.78. The predicted molar refractivity (Wildman–Crippen MR) is 110 cm³/mol. The van der Waals surface area contributed by atoms with Crippen molar-refractivity contribution >= 4 is 27.5 Å². The van der Waals surface area contributed by atoms with Gasteiger partial charge in [0.05, 0.1) is 0 Å². The molecule has 1 amide bonds. The van der Waals surface area contributed by atoms with Crippen molar-refractivity contribution in [1.82, 2.24) is 0 Å². The minimum Gasteiger partial charge on any atom is -0.489 e. The van der Waals surface area contributed by atoms with E-state index in [-0.39, 0.29) is 12.5 Å². The van der Waals surface area contributed by atoms with Crippen LogP contribution in [0.4, 0.5) is 5.69 Å². The maximum Gasteiger partial charge on any atom is 0.262 e. The Morgan fingerprint density at radius 2 is 1.63 bits per heavy atom. The number of hydrogen-bond acceptors (Lipinski definition) is 3. The number of anilines is 1. The van der Waals surface area contributed by atoms with E-state index in [1.165, 1.54) is 0 Å². The zero-order chi connectivity index (χ0) is 19.1. The molecule has 3 aromatic carbocycles. The molecule has 3 rings (SSSR count). The molecule has 0 spiro atoms. The summed E-state index contributed by atoms with van der Waals surface area (Å²) in [6.07, 6.45) is 0. The SMILES string of the molecule is Cc1cc(OCC(=O)Nc2ccc(OCc3ccccc3)cc2)ccc1Br. The quantitative estimate of drug-likeness (QED) is 0.554. The van der Waals surface area contributed by atoms with E-state index in [2.05, 4.69) is 21.2 Å². The first-order valence-electron chi connectivity index (χ1n) is 8.56. The van der Waals surface area contributed by atoms with Gasteiger partial charge in [0.2, 0.25) is 0 Å². The monoisotopic (exact) mass is 425 g/mol. The zero-order valence-electron chi connectivity index (χ0n) is 14.9. The number of carbonyl (C=O) groups is 1.